The number of halogens is 15. The monoisotopic (exact) mass is 1900 g/mol. The number of aromatic nitrogens is 1. The molecule has 10 aromatic carbocycles. The molecule has 0 spiro atoms. The number of alkyl halides is 9. The lowest BCUT2D eigenvalue weighted by Gasteiger charge is -2.29. The molecule has 4 aliphatic heterocycles. The van der Waals surface area contributed by atoms with Crippen LogP contribution in [0.5, 0.6) is 28.7 Å². The number of rotatable bonds is 13. The highest BCUT2D eigenvalue weighted by atomic mass is 35.5. The number of primary sulfonamides is 1. The number of anilines is 1. The highest BCUT2D eigenvalue weighted by Gasteiger charge is 2.50. The van der Waals surface area contributed by atoms with Crippen molar-refractivity contribution in [1.82, 2.24) is 9.71 Å². The second kappa shape index (κ2) is 39.2. The maximum atomic E-state index is 12.9. The number of Topliss-reactive ketones (excluding diaryl/α,β-unsaturated/α-hetero) is 2. The fraction of sp³-hybridized carbons (Fsp3) is 0.129. The van der Waals surface area contributed by atoms with Gasteiger partial charge in [0, 0.05) is 84.7 Å². The summed E-state index contributed by atoms with van der Waals surface area (Å²) >= 11 is 34.5. The third-order valence-corrected chi connectivity index (χ3v) is 23.3. The first-order chi connectivity index (χ1) is 57.9. The molecule has 0 aliphatic carbocycles. The summed E-state index contributed by atoms with van der Waals surface area (Å²) in [6.07, 6.45) is -14.5. The van der Waals surface area contributed by atoms with Crippen LogP contribution in [0.4, 0.5) is 45.2 Å². The van der Waals surface area contributed by atoms with Crippen molar-refractivity contribution in [3.63, 3.8) is 0 Å². The molecule has 0 saturated heterocycles. The summed E-state index contributed by atoms with van der Waals surface area (Å²) in [4.78, 5) is 38.4. The van der Waals surface area contributed by atoms with Crippen LogP contribution in [0.3, 0.4) is 0 Å². The number of nitrogens with two attached hydrogens (primary N) is 1. The highest BCUT2D eigenvalue weighted by molar-refractivity contribution is 7.92. The van der Waals surface area contributed by atoms with Gasteiger partial charge in [-0.05, 0) is 150 Å². The van der Waals surface area contributed by atoms with Crippen molar-refractivity contribution in [2.75, 3.05) is 17.2 Å². The number of nitrogens with zero attached hydrogens (tertiary/aromatic N) is 1. The Morgan fingerprint density at radius 3 is 1.26 bits per heavy atom. The first-order valence-corrected chi connectivity index (χ1v) is 44.5. The first kappa shape index (κ1) is 95.4. The molecule has 15 rings (SSSR count). The van der Waals surface area contributed by atoms with Crippen LogP contribution < -0.4 is 38.6 Å². The fourth-order valence-electron chi connectivity index (χ4n) is 12.2. The lowest BCUT2D eigenvalue weighted by Crippen LogP contribution is -2.44. The van der Waals surface area contributed by atoms with Crippen LogP contribution in [0.25, 0.3) is 62.9 Å². The minimum Gasteiger partial charge on any atom is -0.545 e. The number of hydrogen-bond donors (Lipinski definition) is 3. The molecule has 5 heterocycles. The number of fused-ring (bicyclic) bond motifs is 4. The van der Waals surface area contributed by atoms with E-state index in [0.29, 0.717) is 16.2 Å². The van der Waals surface area contributed by atoms with Gasteiger partial charge in [0.05, 0.1) is 53.4 Å². The zero-order valence-corrected chi connectivity index (χ0v) is 71.8. The Labute approximate surface area is 734 Å². The van der Waals surface area contributed by atoms with Crippen molar-refractivity contribution in [3.05, 3.63) is 300 Å². The number of ketones is 2. The number of pyridine rings is 1. The van der Waals surface area contributed by atoms with Crippen molar-refractivity contribution in [3.8, 4) is 73.4 Å². The number of hydrogen-bond acceptors (Lipinski definition) is 17. The number of aliphatic carboxylic acids is 1. The molecule has 648 valence electrons. The van der Waals surface area contributed by atoms with Crippen LogP contribution in [-0.2, 0) is 60.8 Å². The normalized spacial score (nSPS) is 15.4. The molecule has 0 bridgehead atoms. The van der Waals surface area contributed by atoms with E-state index >= 15 is 0 Å². The van der Waals surface area contributed by atoms with Crippen molar-refractivity contribution in [2.45, 2.75) is 71.9 Å². The van der Waals surface area contributed by atoms with Gasteiger partial charge in [-0.2, -0.15) is 39.5 Å². The average molecular weight is 1910 g/mol. The zero-order valence-electron chi connectivity index (χ0n) is 64.0. The van der Waals surface area contributed by atoms with Crippen LogP contribution >= 0.6 is 69.6 Å². The molecule has 11 aromatic rings. The second-order valence-electron chi connectivity index (χ2n) is 26.8. The first-order valence-electron chi connectivity index (χ1n) is 35.5. The fourth-order valence-corrected chi connectivity index (χ4v) is 16.8. The SMILES string of the molecule is CC(=O)C1=Cc2cc(Cl)cc(Cl)c2O[C@@H]1C(F)(F)F.CC(=O)C1=Cc2cc(Cl)cc(Cl)c2O[C@@H]1C(F)(F)F.CS(=O)(=O)Nc1cc2c(cc1Oc1ccccc1)S(=O)(=O)NC2.CS(=O)(=O)c1ccc(-c2ccccc2-c2ccccc2)cc1.NS(=O)(=O)c1ccc(-c2cccnc2-c2ccccc2)cc1.O=C([O-])C1=Cc2cc(Cl)cc(Cl)c2O[C@@H]1C(F)(F)F. The van der Waals surface area contributed by atoms with E-state index in [1.54, 1.807) is 60.8 Å². The molecule has 124 heavy (non-hydrogen) atoms. The third-order valence-electron chi connectivity index (χ3n) is 17.7. The van der Waals surface area contributed by atoms with Crippen molar-refractivity contribution in [2.24, 2.45) is 5.14 Å². The summed E-state index contributed by atoms with van der Waals surface area (Å²) in [6, 6.07) is 64.7. The van der Waals surface area contributed by atoms with Crippen LogP contribution in [-0.4, -0.2) is 106 Å². The molecule has 39 heteroatoms. The number of ether oxygens (including phenoxy) is 4. The number of carboxylic acids is 1. The molecule has 4 aliphatic rings. The Hall–Kier alpha value is -10.8. The number of para-hydroxylation sites is 1. The van der Waals surface area contributed by atoms with E-state index < -0.39 is 111 Å². The second-order valence-corrected chi connectivity index (χ2v) is 36.4. The van der Waals surface area contributed by atoms with Crippen molar-refractivity contribution >= 4 is 151 Å². The van der Waals surface area contributed by atoms with Gasteiger partial charge in [-0.3, -0.25) is 19.3 Å². The number of nitrogens with one attached hydrogen (secondary N) is 2. The van der Waals surface area contributed by atoms with E-state index in [1.165, 1.54) is 66.9 Å². The average Bonchev–Trinajstić information content (AvgIpc) is 1.58. The van der Waals surface area contributed by atoms with Gasteiger partial charge in [-0.25, -0.2) is 43.5 Å². The standard InChI is InChI=1S/C19H16O2S.C17H14N2O2S.C14H14N2O5S2.2C12H7Cl2F3O2.C11H5Cl2F3O3/c1-22(20,21)17-13-11-16(12-14-17)19-10-6-5-9-18(19)15-7-3-2-4-8-15;18-22(20,21)15-10-8-13(9-11-15)16-7-4-12-19-17(16)14-5-2-1-3-6-14;1-22(17,18)16-12-7-10-9-15-23(19,20)14(10)8-13(12)21-11-5-3-2-4-6-11;2*1-5(18)8-3-6-2-7(13)4-9(14)10(6)19-11(8)12(15,16)17;12-5-1-4-2-6(10(17)18)9(11(14,15)16)19-8(4)7(13)3-5/h2-14H,1H3;1-12H,(H2,18,20,21);2-8,15-16H,9H2,1H3;2*2-4,11H,1H3;1-3,9H,(H,17,18)/p-1/t;;;2*11-;9-/m...000/s1. The number of benzene rings is 10. The van der Waals surface area contributed by atoms with Gasteiger partial charge in [-0.15, -0.1) is 0 Å². The van der Waals surface area contributed by atoms with E-state index in [0.717, 1.165) is 83.0 Å². The minimum absolute atomic E-state index is 0.0318. The summed E-state index contributed by atoms with van der Waals surface area (Å²) in [7, 11) is -14.0. The molecule has 3 atom stereocenters. The largest absolute Gasteiger partial charge is 0.545 e. The maximum absolute atomic E-state index is 12.9. The summed E-state index contributed by atoms with van der Waals surface area (Å²) in [5.74, 6) is -3.34. The number of carbonyl (C=O) groups is 3. The highest BCUT2D eigenvalue weighted by Crippen LogP contribution is 2.47. The van der Waals surface area contributed by atoms with E-state index in [4.69, 9.17) is 89.0 Å². The van der Waals surface area contributed by atoms with Gasteiger partial charge < -0.3 is 28.8 Å². The molecular formula is C85H62Cl6F9N4O16S4-. The molecule has 0 amide bonds. The van der Waals surface area contributed by atoms with Gasteiger partial charge in [0.15, 0.2) is 27.2 Å². The smallest absolute Gasteiger partial charge is 0.429 e. The zero-order chi connectivity index (χ0) is 90.9. The van der Waals surface area contributed by atoms with Crippen LogP contribution in [0.15, 0.2) is 262 Å². The number of sulfone groups is 1. The Bertz CT molecular complexity index is 6090. The molecule has 0 saturated carbocycles. The topological polar surface area (TPSA) is 311 Å². The predicted molar refractivity (Wildman–Crippen MR) is 453 cm³/mol. The number of sulfonamides is 3. The van der Waals surface area contributed by atoms with E-state index in [1.807, 2.05) is 84.9 Å². The van der Waals surface area contributed by atoms with Gasteiger partial charge in [0.2, 0.25) is 48.4 Å². The molecular weight excluding hydrogens is 1840 g/mol. The Kier molecular flexibility index (Phi) is 30.2. The lowest BCUT2D eigenvalue weighted by molar-refractivity contribution is -0.302. The van der Waals surface area contributed by atoms with E-state index in [9.17, 15) is 92.7 Å². The predicted octanol–water partition coefficient (Wildman–Crippen LogP) is 20.2. The Balaban J connectivity index is 0.000000156. The third kappa shape index (κ3) is 24.6. The quantitative estimate of drug-likeness (QED) is 0.0903. The minimum atomic E-state index is -4.90. The van der Waals surface area contributed by atoms with Gasteiger partial charge in [0.25, 0.3) is 0 Å². The van der Waals surface area contributed by atoms with Gasteiger partial charge in [0.1, 0.15) is 23.0 Å². The van der Waals surface area contributed by atoms with Crippen LogP contribution in [0, 0.1) is 0 Å². The summed E-state index contributed by atoms with van der Waals surface area (Å²) < 4.78 is 233. The summed E-state index contributed by atoms with van der Waals surface area (Å²) in [5.41, 5.74) is 7.32. The van der Waals surface area contributed by atoms with E-state index in [2.05, 4.69) is 43.4 Å². The van der Waals surface area contributed by atoms with E-state index in [-0.39, 0.29) is 91.8 Å². The summed E-state index contributed by atoms with van der Waals surface area (Å²) in [6.45, 7) is 2.21. The molecule has 20 nitrogen and oxygen atoms in total. The molecule has 4 N–H and O–H groups in total. The van der Waals surface area contributed by atoms with Crippen molar-refractivity contribution < 1.29 is 112 Å². The Morgan fingerprint density at radius 1 is 0.492 bits per heavy atom. The Morgan fingerprint density at radius 2 is 0.863 bits per heavy atom. The van der Waals surface area contributed by atoms with Crippen LogP contribution in [0.2, 0.25) is 30.1 Å². The van der Waals surface area contributed by atoms with Gasteiger partial charge in [-0.1, -0.05) is 203 Å². The lowest BCUT2D eigenvalue weighted by atomic mass is 9.95. The van der Waals surface area contributed by atoms with Crippen LogP contribution in [0.1, 0.15) is 36.1 Å². The number of carbonyl (C=O) groups excluding carboxylic acids is 3. The molecule has 0 unspecified atom stereocenters. The summed E-state index contributed by atoms with van der Waals surface area (Å²) in [5, 5.41) is 16.3. The number of carboxylic acid groups (broad SMARTS) is 1. The van der Waals surface area contributed by atoms with Gasteiger partial charge >= 0.3 is 18.5 Å². The molecule has 1 aromatic heterocycles. The molecule has 0 radical (unpaired) electrons. The van der Waals surface area contributed by atoms with Crippen molar-refractivity contribution in [1.29, 1.82) is 0 Å². The maximum Gasteiger partial charge on any atom is 0.429 e. The molecule has 0 fully saturated rings.